The number of halogens is 7. The van der Waals surface area contributed by atoms with Gasteiger partial charge in [-0.15, -0.1) is 0 Å². The van der Waals surface area contributed by atoms with Gasteiger partial charge < -0.3 is 25.5 Å². The predicted molar refractivity (Wildman–Crippen MR) is 151 cm³/mol. The number of hydrogen-bond acceptors (Lipinski definition) is 7. The number of hydrogen-bond donors (Lipinski definition) is 4. The Balaban J connectivity index is 0.000000440. The second-order valence-corrected chi connectivity index (χ2v) is 9.80. The van der Waals surface area contributed by atoms with E-state index in [9.17, 15) is 40.6 Å². The monoisotopic (exact) mass is 662 g/mol. The molecule has 17 heteroatoms. The average molecular weight is 663 g/mol. The molecule has 0 saturated carbocycles. The van der Waals surface area contributed by atoms with Crippen LogP contribution in [0.5, 0.6) is 5.75 Å². The molecule has 1 fully saturated rings. The van der Waals surface area contributed by atoms with Gasteiger partial charge in [-0.25, -0.2) is 19.0 Å². The van der Waals surface area contributed by atoms with Crippen LogP contribution in [-0.2, 0) is 16.1 Å². The molecule has 1 aromatic heterocycles. The third kappa shape index (κ3) is 12.6. The Bertz CT molecular complexity index is 1450. The fraction of sp³-hybridized carbons (Fsp3) is 0.310. The van der Waals surface area contributed by atoms with Crippen LogP contribution in [-0.4, -0.2) is 81.6 Å². The van der Waals surface area contributed by atoms with Crippen LogP contribution in [0.2, 0.25) is 0 Å². The molecule has 3 aromatic rings. The van der Waals surface area contributed by atoms with E-state index < -0.39 is 24.3 Å². The van der Waals surface area contributed by atoms with Crippen molar-refractivity contribution in [1.82, 2.24) is 9.88 Å². The maximum Gasteiger partial charge on any atom is 0.490 e. The number of anilines is 2. The van der Waals surface area contributed by atoms with Crippen LogP contribution in [0.3, 0.4) is 0 Å². The normalized spacial score (nSPS) is 14.7. The number of amides is 1. The number of carboxylic acids is 2. The van der Waals surface area contributed by atoms with E-state index in [4.69, 9.17) is 19.8 Å². The number of pyridine rings is 1. The lowest BCUT2D eigenvalue weighted by atomic mass is 10.0. The first-order valence-electron chi connectivity index (χ1n) is 13.2. The zero-order chi connectivity index (χ0) is 34.7. The maximum absolute atomic E-state index is 13.1. The van der Waals surface area contributed by atoms with Crippen LogP contribution in [0.4, 0.5) is 42.2 Å². The maximum atomic E-state index is 13.1. The quantitative estimate of drug-likeness (QED) is 0.250. The summed E-state index contributed by atoms with van der Waals surface area (Å²) in [5, 5.41) is 26.8. The zero-order valence-electron chi connectivity index (χ0n) is 24.0. The number of nitrogens with zero attached hydrogens (tertiary/aromatic N) is 3. The second-order valence-electron chi connectivity index (χ2n) is 9.80. The van der Waals surface area contributed by atoms with Crippen molar-refractivity contribution in [2.24, 2.45) is 0 Å². The molecule has 4 rings (SSSR count). The number of carbonyl (C=O) groups excluding carboxylic acids is 1. The van der Waals surface area contributed by atoms with E-state index in [1.807, 2.05) is 18.2 Å². The number of alkyl halides is 6. The summed E-state index contributed by atoms with van der Waals surface area (Å²) in [4.78, 5) is 39.3. The van der Waals surface area contributed by atoms with Crippen LogP contribution in [0, 0.1) is 5.82 Å². The summed E-state index contributed by atoms with van der Waals surface area (Å²) >= 11 is 0. The van der Waals surface area contributed by atoms with Crippen LogP contribution in [0.15, 0.2) is 66.9 Å². The number of phenolic OH excluding ortho intramolecular Hbond substituents is 1. The highest BCUT2D eigenvalue weighted by molar-refractivity contribution is 6.04. The fourth-order valence-electron chi connectivity index (χ4n) is 4.07. The molecule has 0 bridgehead atoms. The van der Waals surface area contributed by atoms with Crippen molar-refractivity contribution in [3.05, 3.63) is 83.8 Å². The lowest BCUT2D eigenvalue weighted by Crippen LogP contribution is -2.46. The van der Waals surface area contributed by atoms with Crippen molar-refractivity contribution >= 4 is 29.4 Å². The van der Waals surface area contributed by atoms with E-state index in [1.54, 1.807) is 24.4 Å². The van der Waals surface area contributed by atoms with Gasteiger partial charge in [-0.2, -0.15) is 26.3 Å². The van der Waals surface area contributed by atoms with Gasteiger partial charge in [-0.1, -0.05) is 12.1 Å². The topological polar surface area (TPSA) is 143 Å². The molecule has 0 aliphatic carbocycles. The number of nitrogens with one attached hydrogen (secondary N) is 1. The highest BCUT2D eigenvalue weighted by atomic mass is 19.4. The van der Waals surface area contributed by atoms with E-state index in [0.29, 0.717) is 17.3 Å². The molecule has 1 saturated heterocycles. The lowest BCUT2D eigenvalue weighted by molar-refractivity contribution is -0.193. The number of piperidine rings is 1. The van der Waals surface area contributed by atoms with E-state index in [2.05, 4.69) is 27.1 Å². The van der Waals surface area contributed by atoms with E-state index in [0.717, 1.165) is 43.9 Å². The zero-order valence-corrected chi connectivity index (χ0v) is 24.0. The molecule has 1 aliphatic rings. The van der Waals surface area contributed by atoms with Crippen molar-refractivity contribution in [3.8, 4) is 5.75 Å². The van der Waals surface area contributed by atoms with Crippen LogP contribution in [0.25, 0.3) is 0 Å². The molecule has 0 radical (unpaired) electrons. The molecule has 250 valence electrons. The Hall–Kier alpha value is -4.93. The van der Waals surface area contributed by atoms with Gasteiger partial charge in [0.25, 0.3) is 5.91 Å². The molecule has 46 heavy (non-hydrogen) atoms. The summed E-state index contributed by atoms with van der Waals surface area (Å²) in [6.07, 6.45) is -6.34. The third-order valence-electron chi connectivity index (χ3n) is 6.28. The summed E-state index contributed by atoms with van der Waals surface area (Å²) in [6, 6.07) is 16.8. The number of phenols is 1. The Morgan fingerprint density at radius 2 is 1.54 bits per heavy atom. The molecule has 1 aliphatic heterocycles. The minimum absolute atomic E-state index is 0.282. The Morgan fingerprint density at radius 3 is 2.09 bits per heavy atom. The van der Waals surface area contributed by atoms with Crippen molar-refractivity contribution in [2.45, 2.75) is 37.8 Å². The number of carboxylic acid groups (broad SMARTS) is 2. The Labute approximate surface area is 257 Å². The highest BCUT2D eigenvalue weighted by Crippen LogP contribution is 2.24. The molecule has 1 atom stereocenters. The minimum Gasteiger partial charge on any atom is -0.508 e. The first-order chi connectivity index (χ1) is 21.4. The van der Waals surface area contributed by atoms with Gasteiger partial charge in [0, 0.05) is 49.2 Å². The summed E-state index contributed by atoms with van der Waals surface area (Å²) in [5.41, 5.74) is 2.13. The third-order valence-corrected chi connectivity index (χ3v) is 6.28. The molecule has 0 spiro atoms. The summed E-state index contributed by atoms with van der Waals surface area (Å²) in [5.74, 6) is -5.08. The van der Waals surface area contributed by atoms with Gasteiger partial charge in [0.1, 0.15) is 17.4 Å². The molecule has 4 N–H and O–H groups in total. The first kappa shape index (κ1) is 37.3. The van der Waals surface area contributed by atoms with Gasteiger partial charge in [0.05, 0.1) is 0 Å². The Morgan fingerprint density at radius 1 is 0.957 bits per heavy atom. The standard InChI is InChI=1S/C25H27FN4O2.2C2HF3O2/c1-29(16-18-4-2-6-23(31)14-18)22-5-3-13-30(17-22)24-15-21(11-12-27-24)28-25(32)19-7-9-20(26)10-8-19;2*3-2(4,5)1(6)7/h2,4,6-12,14-15,22,31H,3,5,13,16-17H2,1H3,(H,27,28,32);2*(H,6,7). The van der Waals surface area contributed by atoms with E-state index >= 15 is 0 Å². The summed E-state index contributed by atoms with van der Waals surface area (Å²) in [7, 11) is 2.10. The molecular formula is C29H29F7N4O6. The number of rotatable bonds is 6. The van der Waals surface area contributed by atoms with Crippen molar-refractivity contribution in [3.63, 3.8) is 0 Å². The lowest BCUT2D eigenvalue weighted by Gasteiger charge is -2.38. The number of carbonyl (C=O) groups is 3. The number of benzene rings is 2. The molecule has 1 unspecified atom stereocenters. The van der Waals surface area contributed by atoms with Gasteiger partial charge in [-0.05, 0) is 67.9 Å². The summed E-state index contributed by atoms with van der Waals surface area (Å²) in [6.45, 7) is 2.49. The van der Waals surface area contributed by atoms with E-state index in [-0.39, 0.29) is 17.5 Å². The summed E-state index contributed by atoms with van der Waals surface area (Å²) < 4.78 is 76.6. The largest absolute Gasteiger partial charge is 0.508 e. The van der Waals surface area contributed by atoms with Crippen LogP contribution < -0.4 is 10.2 Å². The van der Waals surface area contributed by atoms with Crippen LogP contribution in [0.1, 0.15) is 28.8 Å². The SMILES string of the molecule is CN(Cc1cccc(O)c1)C1CCCN(c2cc(NC(=O)c3ccc(F)cc3)ccn2)C1.O=C(O)C(F)(F)F.O=C(O)C(F)(F)F. The van der Waals surface area contributed by atoms with Crippen molar-refractivity contribution in [1.29, 1.82) is 0 Å². The molecule has 2 aromatic carbocycles. The smallest absolute Gasteiger partial charge is 0.490 e. The Kier molecular flexibility index (Phi) is 13.3. The average Bonchev–Trinajstić information content (AvgIpc) is 2.97. The molecule has 2 heterocycles. The van der Waals surface area contributed by atoms with Gasteiger partial charge >= 0.3 is 24.3 Å². The second kappa shape index (κ2) is 16.4. The molecular weight excluding hydrogens is 633 g/mol. The van der Waals surface area contributed by atoms with Gasteiger partial charge in [-0.3, -0.25) is 9.69 Å². The fourth-order valence-corrected chi connectivity index (χ4v) is 4.07. The number of aromatic nitrogens is 1. The first-order valence-corrected chi connectivity index (χ1v) is 13.2. The minimum atomic E-state index is -5.08. The number of likely N-dealkylation sites (N-methyl/N-ethyl adjacent to an activating group) is 1. The van der Waals surface area contributed by atoms with Crippen molar-refractivity contribution in [2.75, 3.05) is 30.4 Å². The van der Waals surface area contributed by atoms with Gasteiger partial charge in [0.2, 0.25) is 0 Å². The molecule has 1 amide bonds. The number of aromatic hydroxyl groups is 1. The predicted octanol–water partition coefficient (Wildman–Crippen LogP) is 5.55. The molecule has 10 nitrogen and oxygen atoms in total. The number of aliphatic carboxylic acids is 2. The van der Waals surface area contributed by atoms with Gasteiger partial charge in [0.15, 0.2) is 0 Å². The van der Waals surface area contributed by atoms with Crippen LogP contribution >= 0.6 is 0 Å². The van der Waals surface area contributed by atoms with Crippen molar-refractivity contribution < 1.29 is 60.4 Å². The highest BCUT2D eigenvalue weighted by Gasteiger charge is 2.38. The van der Waals surface area contributed by atoms with E-state index in [1.165, 1.54) is 24.3 Å².